The van der Waals surface area contributed by atoms with Crippen LogP contribution in [-0.2, 0) is 80.4 Å². The van der Waals surface area contributed by atoms with E-state index in [9.17, 15) is 8.78 Å². The molecule has 0 aliphatic carbocycles. The van der Waals surface area contributed by atoms with Crippen molar-refractivity contribution in [3.8, 4) is 123 Å². The number of aromatic nitrogens is 7. The molecule has 18 aromatic rings. The molecule has 0 aliphatic heterocycles. The summed E-state index contributed by atoms with van der Waals surface area (Å²) in [6, 6.07) is 98.7. The van der Waals surface area contributed by atoms with Gasteiger partial charge in [0, 0.05) is 152 Å². The molecule has 608 valence electrons. The molecule has 0 spiro atoms. The minimum atomic E-state index is -0.394. The smallest absolute Gasteiger partial charge is 0.123 e. The van der Waals surface area contributed by atoms with Gasteiger partial charge in [0.05, 0.1) is 6.85 Å². The van der Waals surface area contributed by atoms with E-state index < -0.39 is 6.04 Å². The summed E-state index contributed by atoms with van der Waals surface area (Å²) < 4.78 is 128. The first-order chi connectivity index (χ1) is 62.6. The number of aryl methyl sites for hydroxylation is 7. The van der Waals surface area contributed by atoms with Gasteiger partial charge in [0.25, 0.3) is 0 Å². The molecule has 4 radical (unpaired) electrons. The van der Waals surface area contributed by atoms with Gasteiger partial charge in [-0.3, -0.25) is 0 Å². The molecule has 0 aliphatic rings. The van der Waals surface area contributed by atoms with Crippen molar-refractivity contribution in [3.05, 3.63) is 476 Å². The van der Waals surface area contributed by atoms with Crippen molar-refractivity contribution >= 4 is 0 Å². The third kappa shape index (κ3) is 28.0. The summed E-state index contributed by atoms with van der Waals surface area (Å²) in [7, 11) is 0. The molecule has 7 aromatic heterocycles. The fourth-order valence-electron chi connectivity index (χ4n) is 11.9. The zero-order valence-electron chi connectivity index (χ0n) is 79.6. The zero-order chi connectivity index (χ0) is 92.7. The number of nitrogens with zero attached hydrogens (tertiary/aromatic N) is 7. The van der Waals surface area contributed by atoms with E-state index in [1.807, 2.05) is 191 Å². The van der Waals surface area contributed by atoms with E-state index in [1.165, 1.54) is 57.6 Å². The molecule has 0 N–H and O–H groups in total. The van der Waals surface area contributed by atoms with Crippen molar-refractivity contribution in [2.75, 3.05) is 0 Å². The fraction of sp³-hybridized carbons (Fsp3) is 0.0648. The molecule has 7 heterocycles. The Kier molecular flexibility index (Phi) is 31.2. The first kappa shape index (κ1) is 76.3. The topological polar surface area (TPSA) is 90.2 Å². The molecule has 0 saturated carbocycles. The molecule has 0 unspecified atom stereocenters. The van der Waals surface area contributed by atoms with Crippen molar-refractivity contribution in [2.45, 2.75) is 48.5 Å². The van der Waals surface area contributed by atoms with Crippen LogP contribution in [0.15, 0.2) is 383 Å². The average molecular weight is 2300 g/mol. The van der Waals surface area contributed by atoms with E-state index in [0.29, 0.717) is 17.0 Å². The summed E-state index contributed by atoms with van der Waals surface area (Å²) in [6.45, 7) is 13.9. The van der Waals surface area contributed by atoms with Gasteiger partial charge in [0.15, 0.2) is 0 Å². The third-order valence-corrected chi connectivity index (χ3v) is 18.0. The van der Waals surface area contributed by atoms with Gasteiger partial charge < -0.3 is 34.9 Å². The molecule has 0 fully saturated rings. The average Bonchev–Trinajstić information content (AvgIpc) is 0.771. The van der Waals surface area contributed by atoms with Gasteiger partial charge in [0.2, 0.25) is 0 Å². The van der Waals surface area contributed by atoms with E-state index >= 15 is 0 Å². The van der Waals surface area contributed by atoms with Crippen LogP contribution in [0.2, 0.25) is 0 Å². The van der Waals surface area contributed by atoms with Crippen LogP contribution in [0.3, 0.4) is 0 Å². The molecule has 7 nitrogen and oxygen atoms in total. The Hall–Kier alpha value is -12.1. The molecule has 18 rings (SSSR count). The predicted octanol–water partition coefficient (Wildman–Crippen LogP) is 26.9. The van der Waals surface area contributed by atoms with E-state index in [-0.39, 0.29) is 181 Å². The minimum absolute atomic E-state index is 0. The van der Waals surface area contributed by atoms with Gasteiger partial charge >= 0.3 is 0 Å². The summed E-state index contributed by atoms with van der Waals surface area (Å²) in [5.74, 6) is -0.619. The van der Waals surface area contributed by atoms with E-state index in [1.54, 1.807) is 73.4 Å². The van der Waals surface area contributed by atoms with Crippen LogP contribution < -0.4 is 0 Å². The summed E-state index contributed by atoms with van der Waals surface area (Å²) in [5.41, 5.74) is 24.8. The Morgan fingerprint density at radius 3 is 1.08 bits per heavy atom. The standard InChI is InChI=1S/2C18H13FN.2C18H14N.3C12H10N.4Ir/c2*1-13-11-18(15-5-3-2-4-6-15)20-12-17(13)14-7-9-16(19)10-8-14;2*1-14-12-18(16-10-6-3-7-11-16)19-13-17(14)15-8-4-2-5-9-15;1-10-6-2-3-7-11(10)12-8-4-5-9-13-12;1-10-5-7-11(8-6-10)12-4-2-3-9-13-12;1-10-6-5-9-13-12(10)11-7-3-2-4-8-11;;;;/h2*2-5,7-12H,1H3;2*2-10,12-13H,1H3;2-6,8-9H,1H3;2*2-7,9H,1H3;;;;/q7*-1;;;;/i2*2D,3D,4D,5D;2D,4D,5D,8D,9D;;;;;;;;. The summed E-state index contributed by atoms with van der Waals surface area (Å²) in [5, 5.41) is 0. The Labute approximate surface area is 783 Å². The fourth-order valence-corrected chi connectivity index (χ4v) is 11.9. The Balaban J connectivity index is 0.000000194. The predicted molar refractivity (Wildman–Crippen MR) is 474 cm³/mol. The van der Waals surface area contributed by atoms with Crippen molar-refractivity contribution < 1.29 is 107 Å². The number of pyridine rings is 7. The summed E-state index contributed by atoms with van der Waals surface area (Å²) >= 11 is 0. The summed E-state index contributed by atoms with van der Waals surface area (Å²) in [6.07, 6.45) is 12.1. The molecular weight excluding hydrogens is 2200 g/mol. The van der Waals surface area contributed by atoms with Crippen LogP contribution in [0.1, 0.15) is 56.8 Å². The second-order valence-corrected chi connectivity index (χ2v) is 26.4. The molecular formula is C108H84F2Ir4N7-7. The monoisotopic (exact) mass is 2300 g/mol. The van der Waals surface area contributed by atoms with Crippen LogP contribution in [0.25, 0.3) is 123 Å². The van der Waals surface area contributed by atoms with Gasteiger partial charge in [-0.05, 0) is 167 Å². The zero-order valence-corrected chi connectivity index (χ0v) is 76.2. The van der Waals surface area contributed by atoms with E-state index in [4.69, 9.17) is 17.8 Å². The first-order valence-electron chi connectivity index (χ1n) is 43.8. The van der Waals surface area contributed by atoms with Crippen LogP contribution in [0, 0.1) is 103 Å². The number of halogens is 2. The van der Waals surface area contributed by atoms with Crippen molar-refractivity contribution in [1.29, 1.82) is 0 Å². The van der Waals surface area contributed by atoms with Gasteiger partial charge in [-0.1, -0.05) is 159 Å². The number of benzene rings is 11. The SMILES string of the molecule is Cc1c[c-]c(-c2ccccn2)cc1.Cc1cc(-c2[c-]cccc2)ncc1-c1ccccc1.Cc1ccc[c-]c1-c1ccccn1.Cc1cccnc1-c1[c-]cccc1.[2H]c1[c-]c(-c2cc(C)c(-c3ccc(F)cc3)cn2)c([2H])c([2H])c1[2H].[2H]c1[c-]c(-c2cc(C)c(-c3ccc(F)cc3)cn2)c([2H])c([2H])c1[2H].[2H]c1c([2H])c([2H])c(-c2cnc(-c3[c-]cccc3)cc2C)c([2H])c1[2H].[Ir].[Ir].[Ir].[Ir]. The van der Waals surface area contributed by atoms with Gasteiger partial charge in [-0.15, -0.1) is 250 Å². The number of rotatable bonds is 11. The van der Waals surface area contributed by atoms with Gasteiger partial charge in [0.1, 0.15) is 11.6 Å². The molecule has 0 atom stereocenters. The maximum atomic E-state index is 13.0. The second kappa shape index (κ2) is 49.5. The van der Waals surface area contributed by atoms with Crippen LogP contribution in [-0.4, -0.2) is 34.9 Å². The molecule has 0 saturated heterocycles. The Bertz CT molecular complexity index is 6660. The normalized spacial score (nSPS) is 11.4. The largest absolute Gasteiger partial charge is 0.305 e. The maximum absolute atomic E-state index is 13.0. The van der Waals surface area contributed by atoms with E-state index in [0.717, 1.165) is 95.2 Å². The van der Waals surface area contributed by atoms with Gasteiger partial charge in [-0.2, -0.15) is 0 Å². The molecule has 121 heavy (non-hydrogen) atoms. The first-order valence-corrected chi connectivity index (χ1v) is 37.3. The number of hydrogen-bond acceptors (Lipinski definition) is 7. The molecule has 0 amide bonds. The second-order valence-electron chi connectivity index (χ2n) is 26.4. The van der Waals surface area contributed by atoms with Crippen LogP contribution in [0.5, 0.6) is 0 Å². The van der Waals surface area contributed by atoms with Crippen molar-refractivity contribution in [3.63, 3.8) is 0 Å². The maximum Gasteiger partial charge on any atom is 0.123 e. The Morgan fingerprint density at radius 2 is 0.661 bits per heavy atom. The molecule has 13 heteroatoms. The minimum Gasteiger partial charge on any atom is -0.305 e. The number of hydrogen-bond donors (Lipinski definition) is 0. The van der Waals surface area contributed by atoms with Gasteiger partial charge in [-0.25, -0.2) is 8.78 Å². The van der Waals surface area contributed by atoms with E-state index in [2.05, 4.69) is 141 Å². The molecule has 11 aromatic carbocycles. The molecule has 0 bridgehead atoms. The Morgan fingerprint density at radius 1 is 0.264 bits per heavy atom. The summed E-state index contributed by atoms with van der Waals surface area (Å²) in [4.78, 5) is 30.4. The van der Waals surface area contributed by atoms with Crippen molar-refractivity contribution in [1.82, 2.24) is 34.9 Å². The van der Waals surface area contributed by atoms with Crippen molar-refractivity contribution in [2.24, 2.45) is 0 Å². The third-order valence-electron chi connectivity index (χ3n) is 18.0. The quantitative estimate of drug-likeness (QED) is 0.119. The van der Waals surface area contributed by atoms with Crippen LogP contribution >= 0.6 is 0 Å². The van der Waals surface area contributed by atoms with Crippen LogP contribution in [0.4, 0.5) is 8.78 Å².